The van der Waals surface area contributed by atoms with Gasteiger partial charge in [-0.05, 0) is 35.0 Å². The zero-order valence-corrected chi connectivity index (χ0v) is 14.2. The number of nitrogens with zero attached hydrogens (tertiary/aromatic N) is 6. The molecule has 0 atom stereocenters. The Morgan fingerprint density at radius 3 is 2.80 bits per heavy atom. The van der Waals surface area contributed by atoms with Gasteiger partial charge < -0.3 is 0 Å². The summed E-state index contributed by atoms with van der Waals surface area (Å²) in [5, 5.41) is 13.1. The molecule has 0 aliphatic rings. The van der Waals surface area contributed by atoms with Gasteiger partial charge in [-0.3, -0.25) is 9.20 Å². The molecule has 0 bridgehead atoms. The maximum Gasteiger partial charge on any atom is 0.269 e. The highest BCUT2D eigenvalue weighted by Gasteiger charge is 2.13. The van der Waals surface area contributed by atoms with E-state index in [2.05, 4.69) is 20.4 Å². The Morgan fingerprint density at radius 2 is 1.96 bits per heavy atom. The maximum absolute atomic E-state index is 12.6. The molecule has 4 rings (SSSR count). The minimum absolute atomic E-state index is 0.218. The third-order valence-electron chi connectivity index (χ3n) is 3.62. The zero-order chi connectivity index (χ0) is 17.4. The van der Waals surface area contributed by atoms with Gasteiger partial charge in [0.2, 0.25) is 5.82 Å². The van der Waals surface area contributed by atoms with Crippen molar-refractivity contribution in [1.29, 1.82) is 0 Å². The molecule has 0 saturated carbocycles. The summed E-state index contributed by atoms with van der Waals surface area (Å²) in [4.78, 5) is 18.2. The van der Waals surface area contributed by atoms with Gasteiger partial charge in [-0.1, -0.05) is 35.3 Å². The summed E-state index contributed by atoms with van der Waals surface area (Å²) in [6, 6.07) is 10.6. The third-order valence-corrected chi connectivity index (χ3v) is 4.35. The molecule has 3 heterocycles. The van der Waals surface area contributed by atoms with Crippen LogP contribution in [0.3, 0.4) is 0 Å². The fourth-order valence-electron chi connectivity index (χ4n) is 2.40. The summed E-state index contributed by atoms with van der Waals surface area (Å²) in [7, 11) is 0. The highest BCUT2D eigenvalue weighted by molar-refractivity contribution is 6.42. The Kier molecular flexibility index (Phi) is 3.95. The lowest BCUT2D eigenvalue weighted by atomic mass is 10.2. The summed E-state index contributed by atoms with van der Waals surface area (Å²) in [6.45, 7) is 0.353. The molecule has 9 heteroatoms. The number of halogens is 2. The van der Waals surface area contributed by atoms with Gasteiger partial charge >= 0.3 is 0 Å². The van der Waals surface area contributed by atoms with Crippen molar-refractivity contribution in [3.05, 3.63) is 74.8 Å². The second-order valence-corrected chi connectivity index (χ2v) is 6.11. The first-order valence-corrected chi connectivity index (χ1v) is 8.06. The number of rotatable bonds is 3. The van der Waals surface area contributed by atoms with Crippen molar-refractivity contribution in [3.8, 4) is 11.4 Å². The fourth-order valence-corrected chi connectivity index (χ4v) is 2.72. The lowest BCUT2D eigenvalue weighted by molar-refractivity contribution is 0.573. The molecule has 1 aromatic carbocycles. The van der Waals surface area contributed by atoms with E-state index in [1.54, 1.807) is 30.5 Å². The molecule has 4 aromatic rings. The Balaban J connectivity index is 1.68. The molecule has 0 saturated heterocycles. The number of tetrazole rings is 1. The minimum atomic E-state index is -0.250. The largest absolute Gasteiger partial charge is 0.269 e. The van der Waals surface area contributed by atoms with Crippen LogP contribution in [0, 0.1) is 0 Å². The first-order valence-electron chi connectivity index (χ1n) is 7.30. The van der Waals surface area contributed by atoms with Crippen LogP contribution in [-0.2, 0) is 6.54 Å². The van der Waals surface area contributed by atoms with Gasteiger partial charge in [-0.2, -0.15) is 4.80 Å². The second kappa shape index (κ2) is 6.27. The number of hydrogen-bond acceptors (Lipinski definition) is 5. The molecule has 7 nitrogen and oxygen atoms in total. The number of fused-ring (bicyclic) bond motifs is 1. The Hall–Kier alpha value is -2.77. The van der Waals surface area contributed by atoms with Crippen LogP contribution in [0.25, 0.3) is 17.0 Å². The third kappa shape index (κ3) is 2.99. The predicted molar refractivity (Wildman–Crippen MR) is 93.8 cm³/mol. The molecule has 0 aliphatic heterocycles. The monoisotopic (exact) mass is 372 g/mol. The Morgan fingerprint density at radius 1 is 1.08 bits per heavy atom. The normalized spacial score (nSPS) is 11.1. The van der Waals surface area contributed by atoms with E-state index in [0.717, 1.165) is 5.56 Å². The highest BCUT2D eigenvalue weighted by Crippen LogP contribution is 2.22. The van der Waals surface area contributed by atoms with E-state index < -0.39 is 0 Å². The summed E-state index contributed by atoms with van der Waals surface area (Å²) in [5.74, 6) is 0.218. The molecule has 0 unspecified atom stereocenters. The number of aromatic nitrogens is 6. The molecule has 0 fully saturated rings. The molecule has 0 amide bonds. The van der Waals surface area contributed by atoms with Crippen molar-refractivity contribution in [3.63, 3.8) is 0 Å². The molecule has 0 N–H and O–H groups in total. The van der Waals surface area contributed by atoms with E-state index >= 15 is 0 Å². The van der Waals surface area contributed by atoms with Gasteiger partial charge in [0.1, 0.15) is 11.2 Å². The molecule has 0 aliphatic carbocycles. The molecular weight excluding hydrogens is 363 g/mol. The average Bonchev–Trinajstić information content (AvgIpc) is 3.07. The number of benzene rings is 1. The molecule has 124 valence electrons. The first-order chi connectivity index (χ1) is 12.1. The zero-order valence-electron chi connectivity index (χ0n) is 12.7. The van der Waals surface area contributed by atoms with Crippen LogP contribution in [0.15, 0.2) is 53.6 Å². The fraction of sp³-hybridized carbons (Fsp3) is 0.0625. The molecule has 0 spiro atoms. The summed E-state index contributed by atoms with van der Waals surface area (Å²) in [6.07, 6.45) is 3.10. The predicted octanol–water partition coefficient (Wildman–Crippen LogP) is 2.70. The van der Waals surface area contributed by atoms with Crippen LogP contribution < -0.4 is 5.56 Å². The standard InChI is InChI=1S/C16H10Cl2N6O/c17-12-5-4-10(7-13(12)18)9-24-21-15(20-22-24)11-8-19-14-3-1-2-6-23(14)16(11)25/h1-8H,9H2. The molecule has 0 radical (unpaired) electrons. The lowest BCUT2D eigenvalue weighted by Gasteiger charge is -2.02. The van der Waals surface area contributed by atoms with Crippen LogP contribution in [0.5, 0.6) is 0 Å². The van der Waals surface area contributed by atoms with E-state index in [1.165, 1.54) is 15.4 Å². The van der Waals surface area contributed by atoms with Gasteiger partial charge in [0, 0.05) is 12.4 Å². The molecular formula is C16H10Cl2N6O. The van der Waals surface area contributed by atoms with Gasteiger partial charge in [0.05, 0.1) is 16.6 Å². The molecule has 25 heavy (non-hydrogen) atoms. The topological polar surface area (TPSA) is 78.0 Å². The summed E-state index contributed by atoms with van der Waals surface area (Å²) < 4.78 is 1.44. The van der Waals surface area contributed by atoms with E-state index in [9.17, 15) is 4.79 Å². The van der Waals surface area contributed by atoms with E-state index in [4.69, 9.17) is 23.2 Å². The number of pyridine rings is 1. The minimum Gasteiger partial charge on any atom is -0.268 e. The van der Waals surface area contributed by atoms with Crippen LogP contribution in [-0.4, -0.2) is 29.6 Å². The lowest BCUT2D eigenvalue weighted by Crippen LogP contribution is -2.17. The molecule has 3 aromatic heterocycles. The van der Waals surface area contributed by atoms with Gasteiger partial charge in [-0.15, -0.1) is 10.2 Å². The second-order valence-electron chi connectivity index (χ2n) is 5.30. The summed E-state index contributed by atoms with van der Waals surface area (Å²) in [5.41, 5.74) is 1.45. The number of hydrogen-bond donors (Lipinski definition) is 0. The average molecular weight is 373 g/mol. The van der Waals surface area contributed by atoms with Crippen LogP contribution in [0.2, 0.25) is 10.0 Å². The van der Waals surface area contributed by atoms with Crippen molar-refractivity contribution in [2.75, 3.05) is 0 Å². The van der Waals surface area contributed by atoms with E-state index in [1.807, 2.05) is 12.1 Å². The maximum atomic E-state index is 12.6. The van der Waals surface area contributed by atoms with E-state index in [0.29, 0.717) is 22.2 Å². The van der Waals surface area contributed by atoms with Crippen LogP contribution in [0.1, 0.15) is 5.56 Å². The van der Waals surface area contributed by atoms with E-state index in [-0.39, 0.29) is 16.9 Å². The van der Waals surface area contributed by atoms with Gasteiger partial charge in [0.15, 0.2) is 0 Å². The smallest absolute Gasteiger partial charge is 0.268 e. The van der Waals surface area contributed by atoms with Crippen molar-refractivity contribution in [2.45, 2.75) is 6.54 Å². The quantitative estimate of drug-likeness (QED) is 0.552. The van der Waals surface area contributed by atoms with Crippen molar-refractivity contribution >= 4 is 28.8 Å². The van der Waals surface area contributed by atoms with Crippen molar-refractivity contribution in [2.24, 2.45) is 0 Å². The Bertz CT molecular complexity index is 1140. The van der Waals surface area contributed by atoms with Crippen LogP contribution >= 0.6 is 23.2 Å². The highest BCUT2D eigenvalue weighted by atomic mass is 35.5. The Labute approximate surface area is 151 Å². The van der Waals surface area contributed by atoms with Crippen molar-refractivity contribution in [1.82, 2.24) is 29.6 Å². The first kappa shape index (κ1) is 15.7. The van der Waals surface area contributed by atoms with Gasteiger partial charge in [-0.25, -0.2) is 4.98 Å². The van der Waals surface area contributed by atoms with Crippen LogP contribution in [0.4, 0.5) is 0 Å². The van der Waals surface area contributed by atoms with Crippen molar-refractivity contribution < 1.29 is 0 Å². The van der Waals surface area contributed by atoms with Gasteiger partial charge in [0.25, 0.3) is 5.56 Å². The summed E-state index contributed by atoms with van der Waals surface area (Å²) >= 11 is 11.9. The SMILES string of the molecule is O=c1c(-c2nnn(Cc3ccc(Cl)c(Cl)c3)n2)cnc2ccccn12.